The molecule has 0 amide bonds. The van der Waals surface area contributed by atoms with E-state index in [9.17, 15) is 0 Å². The van der Waals surface area contributed by atoms with Gasteiger partial charge >= 0.3 is 12.3 Å². The third kappa shape index (κ3) is 4.05. The summed E-state index contributed by atoms with van der Waals surface area (Å²) >= 11 is 2.14. The molecular formula is C19H34B2N2S. The molecule has 132 valence electrons. The second-order valence-electron chi connectivity index (χ2n) is 8.08. The summed E-state index contributed by atoms with van der Waals surface area (Å²) < 4.78 is 0. The van der Waals surface area contributed by atoms with Crippen molar-refractivity contribution in [3.8, 4) is 0 Å². The maximum atomic E-state index is 2.68. The Balaban J connectivity index is 2.39. The molecule has 1 fully saturated rings. The summed E-state index contributed by atoms with van der Waals surface area (Å²) in [7, 11) is 0. The molecule has 1 aliphatic heterocycles. The molecule has 0 saturated carbocycles. The van der Waals surface area contributed by atoms with Crippen LogP contribution in [0.3, 0.4) is 0 Å². The highest BCUT2D eigenvalue weighted by Crippen LogP contribution is 2.45. The summed E-state index contributed by atoms with van der Waals surface area (Å²) in [6.45, 7) is 18.6. The van der Waals surface area contributed by atoms with Crippen molar-refractivity contribution in [1.29, 1.82) is 0 Å². The van der Waals surface area contributed by atoms with E-state index < -0.39 is 0 Å². The summed E-state index contributed by atoms with van der Waals surface area (Å²) in [6, 6.07) is 2.25. The molecule has 0 aromatic carbocycles. The van der Waals surface area contributed by atoms with Crippen molar-refractivity contribution in [2.24, 2.45) is 0 Å². The van der Waals surface area contributed by atoms with Crippen LogP contribution in [0.4, 0.5) is 0 Å². The molecule has 0 aromatic heterocycles. The molecule has 2 aliphatic rings. The van der Waals surface area contributed by atoms with Gasteiger partial charge in [-0.3, -0.25) is 0 Å². The Labute approximate surface area is 154 Å². The normalized spacial score (nSPS) is 18.4. The van der Waals surface area contributed by atoms with E-state index in [1.807, 2.05) is 0 Å². The molecule has 1 saturated heterocycles. The largest absolute Gasteiger partial charge is 0.326 e. The van der Waals surface area contributed by atoms with Gasteiger partial charge in [-0.05, 0) is 30.6 Å². The molecule has 0 aromatic rings. The average molecular weight is 344 g/mol. The molecular weight excluding hydrogens is 310 g/mol. The Morgan fingerprint density at radius 1 is 0.792 bits per heavy atom. The van der Waals surface area contributed by atoms with Gasteiger partial charge in [-0.1, -0.05) is 90.6 Å². The van der Waals surface area contributed by atoms with Gasteiger partial charge in [0.15, 0.2) is 0 Å². The van der Waals surface area contributed by atoms with Gasteiger partial charge in [0.2, 0.25) is 0 Å². The van der Waals surface area contributed by atoms with Crippen molar-refractivity contribution in [2.75, 3.05) is 0 Å². The summed E-state index contributed by atoms with van der Waals surface area (Å²) in [4.78, 5) is 5.35. The standard InChI is InChI=1S/C19H34B2N2S/c1-14(2)22(15(3)4)20-19(18-12-10-9-11-13-18)21(24-20)23(16(5)6)17(7)8/h9-12,14-17H,13H2,1-8H3. The lowest BCUT2D eigenvalue weighted by Gasteiger charge is -2.51. The average Bonchev–Trinajstić information content (AvgIpc) is 2.45. The van der Waals surface area contributed by atoms with Crippen molar-refractivity contribution in [3.05, 3.63) is 35.2 Å². The van der Waals surface area contributed by atoms with Gasteiger partial charge in [0.25, 0.3) is 0 Å². The molecule has 24 heavy (non-hydrogen) atoms. The highest BCUT2D eigenvalue weighted by molar-refractivity contribution is 8.51. The fraction of sp³-hybridized carbons (Fsp3) is 0.684. The maximum absolute atomic E-state index is 2.68. The highest BCUT2D eigenvalue weighted by atomic mass is 32.2. The second-order valence-corrected chi connectivity index (χ2v) is 9.25. The van der Waals surface area contributed by atoms with Gasteiger partial charge in [-0.15, -0.1) is 0 Å². The second kappa shape index (κ2) is 8.33. The SMILES string of the molecule is CC(C)N(B1SB(N(C(C)C)C(C)C)C1=C1C=CC=CC1)C(C)C. The number of hydrogen-bond acceptors (Lipinski definition) is 3. The zero-order valence-corrected chi connectivity index (χ0v) is 17.6. The quantitative estimate of drug-likeness (QED) is 0.637. The Kier molecular flexibility index (Phi) is 6.92. The number of rotatable bonds is 6. The predicted octanol–water partition coefficient (Wildman–Crippen LogP) is 4.84. The van der Waals surface area contributed by atoms with Gasteiger partial charge in [0, 0.05) is 0 Å². The van der Waals surface area contributed by atoms with E-state index >= 15 is 0 Å². The molecule has 5 heteroatoms. The van der Waals surface area contributed by atoms with Crippen LogP contribution in [0.2, 0.25) is 0 Å². The number of allylic oxidation sites excluding steroid dienone is 5. The lowest BCUT2D eigenvalue weighted by atomic mass is 9.51. The van der Waals surface area contributed by atoms with Crippen molar-refractivity contribution in [3.63, 3.8) is 0 Å². The summed E-state index contributed by atoms with van der Waals surface area (Å²) in [5.41, 5.74) is 1.53. The van der Waals surface area contributed by atoms with Crippen LogP contribution in [0.25, 0.3) is 0 Å². The summed E-state index contributed by atoms with van der Waals surface area (Å²) in [6.07, 6.45) is 11.1. The Morgan fingerprint density at radius 2 is 1.25 bits per heavy atom. The predicted molar refractivity (Wildman–Crippen MR) is 113 cm³/mol. The van der Waals surface area contributed by atoms with E-state index in [0.29, 0.717) is 36.4 Å². The van der Waals surface area contributed by atoms with Crippen LogP contribution in [-0.2, 0) is 0 Å². The van der Waals surface area contributed by atoms with Gasteiger partial charge in [0.1, 0.15) is 0 Å². The Bertz CT molecular complexity index is 479. The van der Waals surface area contributed by atoms with E-state index in [1.54, 1.807) is 5.37 Å². The van der Waals surface area contributed by atoms with E-state index in [0.717, 1.165) is 6.42 Å². The molecule has 0 bridgehead atoms. The smallest absolute Gasteiger partial charge is 0.307 e. The monoisotopic (exact) mass is 344 g/mol. The van der Waals surface area contributed by atoms with Crippen LogP contribution in [0.15, 0.2) is 35.2 Å². The van der Waals surface area contributed by atoms with Crippen LogP contribution < -0.4 is 0 Å². The van der Waals surface area contributed by atoms with Gasteiger partial charge in [-0.2, -0.15) is 0 Å². The first-order chi connectivity index (χ1) is 11.3. The van der Waals surface area contributed by atoms with E-state index in [-0.39, 0.29) is 0 Å². The fourth-order valence-corrected chi connectivity index (χ4v) is 6.23. The lowest BCUT2D eigenvalue weighted by molar-refractivity contribution is 0.303. The van der Waals surface area contributed by atoms with Crippen LogP contribution >= 0.6 is 11.5 Å². The van der Waals surface area contributed by atoms with Crippen molar-refractivity contribution in [2.45, 2.75) is 86.0 Å². The summed E-state index contributed by atoms with van der Waals surface area (Å²) in [5.74, 6) is 0. The lowest BCUT2D eigenvalue weighted by Crippen LogP contribution is -2.64. The molecule has 0 atom stereocenters. The molecule has 2 rings (SSSR count). The number of hydrogen-bond donors (Lipinski definition) is 0. The fourth-order valence-electron chi connectivity index (χ4n) is 4.10. The van der Waals surface area contributed by atoms with Crippen molar-refractivity contribution < 1.29 is 0 Å². The van der Waals surface area contributed by atoms with E-state index in [2.05, 4.69) is 101 Å². The van der Waals surface area contributed by atoms with Crippen LogP contribution in [0, 0.1) is 0 Å². The topological polar surface area (TPSA) is 6.48 Å². The van der Waals surface area contributed by atoms with E-state index in [1.165, 1.54) is 5.57 Å². The molecule has 0 radical (unpaired) electrons. The van der Waals surface area contributed by atoms with Crippen LogP contribution in [0.5, 0.6) is 0 Å². The molecule has 0 spiro atoms. The first kappa shape index (κ1) is 19.9. The molecule has 0 N–H and O–H groups in total. The first-order valence-electron chi connectivity index (χ1n) is 9.52. The summed E-state index contributed by atoms with van der Waals surface area (Å²) in [5, 5.41) is 1.64. The molecule has 2 nitrogen and oxygen atoms in total. The minimum atomic E-state index is 0.515. The maximum Gasteiger partial charge on any atom is 0.307 e. The van der Waals surface area contributed by atoms with Crippen LogP contribution in [0.1, 0.15) is 61.8 Å². The van der Waals surface area contributed by atoms with Crippen molar-refractivity contribution >= 4 is 23.7 Å². The van der Waals surface area contributed by atoms with Gasteiger partial charge in [-0.25, -0.2) is 11.5 Å². The molecule has 1 aliphatic carbocycles. The third-order valence-electron chi connectivity index (χ3n) is 4.97. The zero-order valence-electron chi connectivity index (χ0n) is 16.8. The molecule has 0 unspecified atom stereocenters. The van der Waals surface area contributed by atoms with Gasteiger partial charge in [0.05, 0.1) is 0 Å². The van der Waals surface area contributed by atoms with Gasteiger partial charge < -0.3 is 9.62 Å². The zero-order chi connectivity index (χ0) is 18.0. The van der Waals surface area contributed by atoms with Crippen LogP contribution in [-0.4, -0.2) is 46.0 Å². The Morgan fingerprint density at radius 3 is 1.58 bits per heavy atom. The first-order valence-corrected chi connectivity index (χ1v) is 10.5. The van der Waals surface area contributed by atoms with Crippen molar-refractivity contribution in [1.82, 2.24) is 9.62 Å². The third-order valence-corrected chi connectivity index (χ3v) is 6.48. The molecule has 1 heterocycles. The minimum Gasteiger partial charge on any atom is -0.326 e. The van der Waals surface area contributed by atoms with E-state index in [4.69, 9.17) is 0 Å². The Hall–Kier alpha value is -0.380. The minimum absolute atomic E-state index is 0.515. The highest BCUT2D eigenvalue weighted by Gasteiger charge is 2.52. The number of nitrogens with zero attached hydrogens (tertiary/aromatic N) is 2.